The van der Waals surface area contributed by atoms with Crippen molar-refractivity contribution in [1.82, 2.24) is 9.88 Å². The average molecular weight is 421 g/mol. The number of hydrogen-bond donors (Lipinski definition) is 1. The second kappa shape index (κ2) is 10.2. The van der Waals surface area contributed by atoms with Gasteiger partial charge in [0, 0.05) is 5.69 Å². The normalized spacial score (nSPS) is 18.4. The van der Waals surface area contributed by atoms with Crippen LogP contribution < -0.4 is 10.9 Å². The first-order valence-electron chi connectivity index (χ1n) is 10.8. The molecule has 0 radical (unpaired) electrons. The summed E-state index contributed by atoms with van der Waals surface area (Å²) in [4.78, 5) is 38.4. The molecule has 1 amide bonds. The fourth-order valence-corrected chi connectivity index (χ4v) is 4.10. The van der Waals surface area contributed by atoms with Crippen LogP contribution in [0.2, 0.25) is 0 Å². The predicted molar refractivity (Wildman–Crippen MR) is 110 cm³/mol. The number of aryl methyl sites for hydroxylation is 1. The Morgan fingerprint density at radius 1 is 1.17 bits per heavy atom. The van der Waals surface area contributed by atoms with Crippen LogP contribution in [0.25, 0.3) is 0 Å². The molecule has 30 heavy (non-hydrogen) atoms. The molecule has 2 aliphatic rings. The molecule has 0 bridgehead atoms. The lowest BCUT2D eigenvalue weighted by Crippen LogP contribution is -2.47. The Morgan fingerprint density at radius 2 is 1.83 bits per heavy atom. The largest absolute Gasteiger partial charge is 0.467 e. The van der Waals surface area contributed by atoms with E-state index in [0.29, 0.717) is 13.2 Å². The third-order valence-electron chi connectivity index (χ3n) is 5.78. The summed E-state index contributed by atoms with van der Waals surface area (Å²) in [6, 6.07) is 0.888. The monoisotopic (exact) mass is 420 g/mol. The average Bonchev–Trinajstić information content (AvgIpc) is 3.21. The summed E-state index contributed by atoms with van der Waals surface area (Å²) in [6.45, 7) is 4.88. The summed E-state index contributed by atoms with van der Waals surface area (Å²) < 4.78 is 17.6. The highest BCUT2D eigenvalue weighted by Crippen LogP contribution is 2.21. The number of ether oxygens (including phenoxy) is 3. The summed E-state index contributed by atoms with van der Waals surface area (Å²) in [5, 5.41) is 2.69. The van der Waals surface area contributed by atoms with Gasteiger partial charge < -0.3 is 24.1 Å². The standard InChI is InChI=1S/C22H32N2O6/c1-14(2)19(22(27)28-3)23-20(25)16-12-15-8-6-4-5-7-9-17(15)24(21(16)26)13-18-29-10-11-30-18/h12,14,18-19H,4-11,13H2,1-3H3,(H,23,25)/t19-/m0/s1. The third-order valence-corrected chi connectivity index (χ3v) is 5.78. The van der Waals surface area contributed by atoms with Gasteiger partial charge in [-0.05, 0) is 43.2 Å². The molecule has 1 aliphatic heterocycles. The molecule has 1 atom stereocenters. The van der Waals surface area contributed by atoms with E-state index >= 15 is 0 Å². The van der Waals surface area contributed by atoms with Crippen LogP contribution in [-0.4, -0.2) is 49.1 Å². The van der Waals surface area contributed by atoms with E-state index in [2.05, 4.69) is 5.32 Å². The van der Waals surface area contributed by atoms with Crippen LogP contribution in [0.1, 0.15) is 61.1 Å². The van der Waals surface area contributed by atoms with Crippen LogP contribution in [0.15, 0.2) is 10.9 Å². The number of methoxy groups -OCH3 is 1. The molecule has 0 unspecified atom stereocenters. The molecule has 3 rings (SSSR count). The molecule has 8 nitrogen and oxygen atoms in total. The Morgan fingerprint density at radius 3 is 2.47 bits per heavy atom. The Balaban J connectivity index is 1.98. The molecular formula is C22H32N2O6. The van der Waals surface area contributed by atoms with Crippen molar-refractivity contribution in [3.8, 4) is 0 Å². The molecule has 0 spiro atoms. The van der Waals surface area contributed by atoms with Crippen molar-refractivity contribution in [3.05, 3.63) is 33.2 Å². The number of nitrogens with zero attached hydrogens (tertiary/aromatic N) is 1. The highest BCUT2D eigenvalue weighted by atomic mass is 16.7. The fraction of sp³-hybridized carbons (Fsp3) is 0.682. The minimum atomic E-state index is -0.821. The van der Waals surface area contributed by atoms with E-state index in [1.54, 1.807) is 10.6 Å². The number of amides is 1. The van der Waals surface area contributed by atoms with Crippen LogP contribution in [0, 0.1) is 5.92 Å². The van der Waals surface area contributed by atoms with Crippen molar-refractivity contribution in [3.63, 3.8) is 0 Å². The van der Waals surface area contributed by atoms with Gasteiger partial charge in [-0.1, -0.05) is 26.7 Å². The van der Waals surface area contributed by atoms with E-state index in [1.165, 1.54) is 7.11 Å². The van der Waals surface area contributed by atoms with Crippen molar-refractivity contribution < 1.29 is 23.8 Å². The van der Waals surface area contributed by atoms with Gasteiger partial charge in [-0.2, -0.15) is 0 Å². The number of esters is 1. The van der Waals surface area contributed by atoms with Gasteiger partial charge in [-0.3, -0.25) is 9.59 Å². The van der Waals surface area contributed by atoms with E-state index in [9.17, 15) is 14.4 Å². The van der Waals surface area contributed by atoms with Gasteiger partial charge in [0.1, 0.15) is 11.6 Å². The Bertz CT molecular complexity index is 826. The summed E-state index contributed by atoms with van der Waals surface area (Å²) >= 11 is 0. The maximum atomic E-state index is 13.3. The van der Waals surface area contributed by atoms with Crippen molar-refractivity contribution in [2.45, 2.75) is 71.2 Å². The van der Waals surface area contributed by atoms with Crippen LogP contribution >= 0.6 is 0 Å². The highest BCUT2D eigenvalue weighted by Gasteiger charge is 2.29. The fourth-order valence-electron chi connectivity index (χ4n) is 4.10. The summed E-state index contributed by atoms with van der Waals surface area (Å²) in [7, 11) is 1.28. The molecular weight excluding hydrogens is 388 g/mol. The predicted octanol–water partition coefficient (Wildman–Crippen LogP) is 1.81. The lowest BCUT2D eigenvalue weighted by Gasteiger charge is -2.24. The van der Waals surface area contributed by atoms with E-state index in [1.807, 2.05) is 13.8 Å². The van der Waals surface area contributed by atoms with Crippen LogP contribution in [0.5, 0.6) is 0 Å². The number of carbonyl (C=O) groups excluding carboxylic acids is 2. The Kier molecular flexibility index (Phi) is 7.66. The van der Waals surface area contributed by atoms with E-state index in [0.717, 1.165) is 49.8 Å². The zero-order valence-corrected chi connectivity index (χ0v) is 18.1. The molecule has 1 N–H and O–H groups in total. The SMILES string of the molecule is COC(=O)[C@@H](NC(=O)c1cc2c(n(CC3OCCO3)c1=O)CCCCCC2)C(C)C. The maximum absolute atomic E-state index is 13.3. The molecule has 0 saturated carbocycles. The van der Waals surface area contributed by atoms with Crippen LogP contribution in [0.3, 0.4) is 0 Å². The Labute approximate surface area is 176 Å². The maximum Gasteiger partial charge on any atom is 0.328 e. The number of aromatic nitrogens is 1. The first kappa shape index (κ1) is 22.5. The zero-order chi connectivity index (χ0) is 21.7. The minimum Gasteiger partial charge on any atom is -0.467 e. The number of rotatable bonds is 6. The molecule has 1 aromatic rings. The van der Waals surface area contributed by atoms with Crippen molar-refractivity contribution in [1.29, 1.82) is 0 Å². The number of hydrogen-bond acceptors (Lipinski definition) is 6. The number of carbonyl (C=O) groups is 2. The van der Waals surface area contributed by atoms with Crippen molar-refractivity contribution in [2.24, 2.45) is 5.92 Å². The van der Waals surface area contributed by atoms with E-state index in [-0.39, 0.29) is 23.6 Å². The van der Waals surface area contributed by atoms with E-state index in [4.69, 9.17) is 14.2 Å². The molecule has 8 heteroatoms. The molecule has 166 valence electrons. The van der Waals surface area contributed by atoms with E-state index < -0.39 is 24.2 Å². The molecule has 1 fully saturated rings. The lowest BCUT2D eigenvalue weighted by molar-refractivity contribution is -0.144. The molecule has 1 aliphatic carbocycles. The number of nitrogens with one attached hydrogen (secondary N) is 1. The first-order chi connectivity index (χ1) is 14.4. The van der Waals surface area contributed by atoms with Gasteiger partial charge in [0.15, 0.2) is 6.29 Å². The third kappa shape index (κ3) is 5.10. The second-order valence-electron chi connectivity index (χ2n) is 8.25. The van der Waals surface area contributed by atoms with Crippen molar-refractivity contribution in [2.75, 3.05) is 20.3 Å². The zero-order valence-electron chi connectivity index (χ0n) is 18.1. The smallest absolute Gasteiger partial charge is 0.328 e. The minimum absolute atomic E-state index is 0.0434. The summed E-state index contributed by atoms with van der Waals surface area (Å²) in [6.07, 6.45) is 5.38. The number of pyridine rings is 1. The quantitative estimate of drug-likeness (QED) is 0.705. The topological polar surface area (TPSA) is 95.9 Å². The number of fused-ring (bicyclic) bond motifs is 1. The van der Waals surface area contributed by atoms with Crippen LogP contribution in [-0.2, 0) is 38.4 Å². The lowest BCUT2D eigenvalue weighted by atomic mass is 9.95. The van der Waals surface area contributed by atoms with Gasteiger partial charge in [-0.15, -0.1) is 0 Å². The van der Waals surface area contributed by atoms with Gasteiger partial charge in [0.05, 0.1) is 26.9 Å². The summed E-state index contributed by atoms with van der Waals surface area (Å²) in [5.41, 5.74) is 1.64. The molecule has 1 saturated heterocycles. The van der Waals surface area contributed by atoms with Gasteiger partial charge >= 0.3 is 5.97 Å². The first-order valence-corrected chi connectivity index (χ1v) is 10.8. The van der Waals surface area contributed by atoms with Crippen molar-refractivity contribution >= 4 is 11.9 Å². The van der Waals surface area contributed by atoms with Gasteiger partial charge in [0.25, 0.3) is 11.5 Å². The van der Waals surface area contributed by atoms with Crippen LogP contribution in [0.4, 0.5) is 0 Å². The summed E-state index contributed by atoms with van der Waals surface area (Å²) in [5.74, 6) is -1.26. The Hall–Kier alpha value is -2.19. The van der Waals surface area contributed by atoms with Gasteiger partial charge in [0.2, 0.25) is 0 Å². The molecule has 0 aromatic carbocycles. The molecule has 1 aromatic heterocycles. The van der Waals surface area contributed by atoms with Gasteiger partial charge in [-0.25, -0.2) is 4.79 Å². The molecule has 2 heterocycles. The second-order valence-corrected chi connectivity index (χ2v) is 8.25. The highest BCUT2D eigenvalue weighted by molar-refractivity contribution is 5.96.